The Labute approximate surface area is 189 Å². The predicted molar refractivity (Wildman–Crippen MR) is 126 cm³/mol. The third-order valence-corrected chi connectivity index (χ3v) is 6.25. The monoisotopic (exact) mass is 433 g/mol. The first-order chi connectivity index (χ1) is 15.5. The van der Waals surface area contributed by atoms with Crippen molar-refractivity contribution in [2.45, 2.75) is 63.5 Å². The van der Waals surface area contributed by atoms with E-state index in [1.54, 1.807) is 24.3 Å². The summed E-state index contributed by atoms with van der Waals surface area (Å²) in [6, 6.07) is 9.18. The lowest BCUT2D eigenvalue weighted by molar-refractivity contribution is 0.243. The molecule has 4 rings (SSSR count). The molecule has 2 aromatic rings. The molecule has 8 heteroatoms. The van der Waals surface area contributed by atoms with Gasteiger partial charge in [0.05, 0.1) is 17.3 Å². The van der Waals surface area contributed by atoms with Crippen LogP contribution in [0.2, 0.25) is 0 Å². The van der Waals surface area contributed by atoms with E-state index in [0.717, 1.165) is 50.3 Å². The molecule has 0 bridgehead atoms. The molecule has 0 radical (unpaired) electrons. The normalized spacial score (nSPS) is 19.9. The van der Waals surface area contributed by atoms with E-state index in [1.807, 2.05) is 14.1 Å². The van der Waals surface area contributed by atoms with Crippen LogP contribution in [0.15, 0.2) is 24.3 Å². The number of aromatic nitrogens is 2. The van der Waals surface area contributed by atoms with Crippen LogP contribution in [0.4, 0.5) is 22.2 Å². The second-order valence-electron chi connectivity index (χ2n) is 8.88. The summed E-state index contributed by atoms with van der Waals surface area (Å²) < 4.78 is 0. The number of nitrogens with zero attached hydrogens (tertiary/aromatic N) is 4. The number of carbonyl (C=O) groups excluding carboxylic acids is 1. The van der Waals surface area contributed by atoms with Crippen LogP contribution < -0.4 is 20.9 Å². The molecule has 3 N–H and O–H groups in total. The number of nitrogens with one attached hydrogen (secondary N) is 3. The zero-order valence-electron chi connectivity index (χ0n) is 18.8. The van der Waals surface area contributed by atoms with Gasteiger partial charge in [0.25, 0.3) is 0 Å². The van der Waals surface area contributed by atoms with Gasteiger partial charge in [0.15, 0.2) is 0 Å². The lowest BCUT2D eigenvalue weighted by Gasteiger charge is -2.30. The van der Waals surface area contributed by atoms with Crippen LogP contribution in [-0.2, 0) is 12.8 Å². The van der Waals surface area contributed by atoms with Crippen LogP contribution in [-0.4, -0.2) is 42.2 Å². The highest BCUT2D eigenvalue weighted by atomic mass is 16.2. The second kappa shape index (κ2) is 9.86. The number of hydrogen-bond acceptors (Lipinski definition) is 6. The summed E-state index contributed by atoms with van der Waals surface area (Å²) >= 11 is 0. The van der Waals surface area contributed by atoms with Gasteiger partial charge in [-0.15, -0.1) is 0 Å². The molecule has 8 nitrogen and oxygen atoms in total. The van der Waals surface area contributed by atoms with Crippen LogP contribution in [0.5, 0.6) is 0 Å². The third kappa shape index (κ3) is 5.28. The smallest absolute Gasteiger partial charge is 0.319 e. The summed E-state index contributed by atoms with van der Waals surface area (Å²) in [7, 11) is 4.08. The first-order valence-corrected chi connectivity index (χ1v) is 11.4. The number of rotatable bonds is 5. The number of urea groups is 1. The molecular weight excluding hydrogens is 402 g/mol. The standard InChI is InChI=1S/C24H31N7O/c1-31(2)22-20-5-3-4-6-21(20)29-23(30-22)26-17-11-13-19(14-12-17)28-24(32)27-18-9-7-16(15-25)8-10-18/h7-10,17,19H,3-6,11-14H2,1-2H3,(H,26,29,30)(H2,27,28,32). The van der Waals surface area contributed by atoms with Crippen molar-refractivity contribution in [2.24, 2.45) is 0 Å². The highest BCUT2D eigenvalue weighted by molar-refractivity contribution is 5.89. The molecule has 0 atom stereocenters. The van der Waals surface area contributed by atoms with E-state index >= 15 is 0 Å². The molecule has 2 amide bonds. The first-order valence-electron chi connectivity index (χ1n) is 11.4. The van der Waals surface area contributed by atoms with Gasteiger partial charge in [-0.05, 0) is 75.6 Å². The highest BCUT2D eigenvalue weighted by Gasteiger charge is 2.24. The van der Waals surface area contributed by atoms with Gasteiger partial charge in [-0.1, -0.05) is 0 Å². The Morgan fingerprint density at radius 1 is 1.03 bits per heavy atom. The Kier molecular flexibility index (Phi) is 6.74. The molecule has 1 saturated carbocycles. The fourth-order valence-electron chi connectivity index (χ4n) is 4.55. The fraction of sp³-hybridized carbons (Fsp3) is 0.500. The van der Waals surface area contributed by atoms with Crippen LogP contribution >= 0.6 is 0 Å². The van der Waals surface area contributed by atoms with E-state index in [1.165, 1.54) is 24.1 Å². The van der Waals surface area contributed by atoms with Crippen LogP contribution in [0, 0.1) is 11.3 Å². The van der Waals surface area contributed by atoms with Crippen LogP contribution in [0.3, 0.4) is 0 Å². The van der Waals surface area contributed by atoms with Gasteiger partial charge in [0.1, 0.15) is 5.82 Å². The molecule has 2 aliphatic carbocycles. The van der Waals surface area contributed by atoms with E-state index in [-0.39, 0.29) is 12.1 Å². The Bertz CT molecular complexity index is 989. The van der Waals surface area contributed by atoms with E-state index in [2.05, 4.69) is 26.9 Å². The SMILES string of the molecule is CN(C)c1nc(NC2CCC(NC(=O)Nc3ccc(C#N)cc3)CC2)nc2c1CCCC2. The maximum atomic E-state index is 12.3. The molecule has 0 spiro atoms. The van der Waals surface area contributed by atoms with Crippen LogP contribution in [0.1, 0.15) is 55.3 Å². The van der Waals surface area contributed by atoms with Gasteiger partial charge in [0, 0.05) is 37.4 Å². The van der Waals surface area contributed by atoms with E-state index in [9.17, 15) is 4.79 Å². The first kappa shape index (κ1) is 21.9. The molecule has 2 aliphatic rings. The molecule has 32 heavy (non-hydrogen) atoms. The minimum Gasteiger partial charge on any atom is -0.362 e. The van der Waals surface area contributed by atoms with E-state index in [4.69, 9.17) is 15.2 Å². The number of carbonyl (C=O) groups is 1. The van der Waals surface area contributed by atoms with Crippen molar-refractivity contribution in [1.29, 1.82) is 5.26 Å². The molecule has 1 fully saturated rings. The number of fused-ring (bicyclic) bond motifs is 1. The Morgan fingerprint density at radius 3 is 2.41 bits per heavy atom. The zero-order chi connectivity index (χ0) is 22.5. The van der Waals surface area contributed by atoms with Crippen molar-refractivity contribution in [2.75, 3.05) is 29.6 Å². The largest absolute Gasteiger partial charge is 0.362 e. The van der Waals surface area contributed by atoms with Gasteiger partial charge in [0.2, 0.25) is 5.95 Å². The van der Waals surface area contributed by atoms with Gasteiger partial charge >= 0.3 is 6.03 Å². The van der Waals surface area contributed by atoms with Gasteiger partial charge in [-0.25, -0.2) is 9.78 Å². The van der Waals surface area contributed by atoms with Crippen LogP contribution in [0.25, 0.3) is 0 Å². The zero-order valence-corrected chi connectivity index (χ0v) is 18.8. The quantitative estimate of drug-likeness (QED) is 0.662. The summed E-state index contributed by atoms with van der Waals surface area (Å²) in [6.45, 7) is 0. The number of aryl methyl sites for hydroxylation is 1. The molecular formula is C24H31N7O. The molecule has 0 aliphatic heterocycles. The van der Waals surface area contributed by atoms with Crippen molar-refractivity contribution < 1.29 is 4.79 Å². The summed E-state index contributed by atoms with van der Waals surface area (Å²) in [5.74, 6) is 1.76. The van der Waals surface area contributed by atoms with Crippen molar-refractivity contribution >= 4 is 23.5 Å². The van der Waals surface area contributed by atoms with E-state index in [0.29, 0.717) is 17.3 Å². The number of nitriles is 1. The Hall–Kier alpha value is -3.34. The lowest BCUT2D eigenvalue weighted by atomic mass is 9.91. The molecule has 1 aromatic heterocycles. The average Bonchev–Trinajstić information content (AvgIpc) is 2.80. The fourth-order valence-corrected chi connectivity index (χ4v) is 4.55. The van der Waals surface area contributed by atoms with Gasteiger partial charge < -0.3 is 20.9 Å². The molecule has 0 unspecified atom stereocenters. The lowest BCUT2D eigenvalue weighted by Crippen LogP contribution is -2.42. The third-order valence-electron chi connectivity index (χ3n) is 6.25. The topological polar surface area (TPSA) is 106 Å². The van der Waals surface area contributed by atoms with Crippen molar-refractivity contribution in [3.63, 3.8) is 0 Å². The summed E-state index contributed by atoms with van der Waals surface area (Å²) in [5.41, 5.74) is 3.74. The predicted octanol–water partition coefficient (Wildman–Crippen LogP) is 3.84. The molecule has 1 aromatic carbocycles. The maximum Gasteiger partial charge on any atom is 0.319 e. The van der Waals surface area contributed by atoms with Gasteiger partial charge in [-0.3, -0.25) is 0 Å². The minimum atomic E-state index is -0.209. The van der Waals surface area contributed by atoms with Crippen molar-refractivity contribution in [3.05, 3.63) is 41.1 Å². The molecule has 0 saturated heterocycles. The number of amides is 2. The second-order valence-corrected chi connectivity index (χ2v) is 8.88. The van der Waals surface area contributed by atoms with Gasteiger partial charge in [-0.2, -0.15) is 10.2 Å². The average molecular weight is 434 g/mol. The Balaban J connectivity index is 1.29. The minimum absolute atomic E-state index is 0.146. The molecule has 168 valence electrons. The highest BCUT2D eigenvalue weighted by Crippen LogP contribution is 2.29. The maximum absolute atomic E-state index is 12.3. The number of hydrogen-bond donors (Lipinski definition) is 3. The number of anilines is 3. The molecule has 1 heterocycles. The number of benzene rings is 1. The van der Waals surface area contributed by atoms with E-state index < -0.39 is 0 Å². The summed E-state index contributed by atoms with van der Waals surface area (Å²) in [4.78, 5) is 24.0. The van der Waals surface area contributed by atoms with Crippen molar-refractivity contribution in [1.82, 2.24) is 15.3 Å². The summed E-state index contributed by atoms with van der Waals surface area (Å²) in [6.07, 6.45) is 8.22. The summed E-state index contributed by atoms with van der Waals surface area (Å²) in [5, 5.41) is 18.3. The van der Waals surface area contributed by atoms with Crippen molar-refractivity contribution in [3.8, 4) is 6.07 Å². The Morgan fingerprint density at radius 2 is 1.72 bits per heavy atom.